The third-order valence-corrected chi connectivity index (χ3v) is 3.18. The number of benzene rings is 1. The lowest BCUT2D eigenvalue weighted by Gasteiger charge is -2.21. The van der Waals surface area contributed by atoms with Crippen LogP contribution in [0.15, 0.2) is 18.2 Å². The van der Waals surface area contributed by atoms with Gasteiger partial charge < -0.3 is 10.4 Å². The Labute approximate surface area is 119 Å². The number of halogens is 1. The molecule has 108 valence electrons. The van der Waals surface area contributed by atoms with Gasteiger partial charge in [0.15, 0.2) is 0 Å². The van der Waals surface area contributed by atoms with Gasteiger partial charge in [-0.05, 0) is 24.6 Å². The van der Waals surface area contributed by atoms with Crippen molar-refractivity contribution in [2.45, 2.75) is 33.6 Å². The number of hydrogen-bond donors (Lipinski definition) is 2. The molecule has 0 unspecified atom stereocenters. The lowest BCUT2D eigenvalue weighted by atomic mass is 9.89. The third kappa shape index (κ3) is 4.36. The number of aliphatic hydroxyl groups is 1. The van der Waals surface area contributed by atoms with Crippen LogP contribution in [0.5, 0.6) is 0 Å². The molecular weight excluding hydrogens is 257 g/mol. The number of carbonyl (C=O) groups excluding carboxylic acids is 1. The molecule has 1 aromatic carbocycles. The van der Waals surface area contributed by atoms with Crippen LogP contribution < -0.4 is 5.32 Å². The van der Waals surface area contributed by atoms with E-state index in [0.717, 1.165) is 0 Å². The molecule has 1 rings (SSSR count). The summed E-state index contributed by atoms with van der Waals surface area (Å²) in [6.45, 7) is 5.59. The standard InChI is InChI=1S/C16H20FNO2/c1-4-16(2,3)15(20)18-13-8-9-14(17)12(11-13)7-5-6-10-19/h8-9,11,19H,4,6,10H2,1-3H3,(H,18,20). The molecule has 0 bridgehead atoms. The van der Waals surface area contributed by atoms with E-state index in [1.54, 1.807) is 0 Å². The zero-order valence-corrected chi connectivity index (χ0v) is 12.1. The van der Waals surface area contributed by atoms with E-state index >= 15 is 0 Å². The van der Waals surface area contributed by atoms with Crippen LogP contribution in [0.1, 0.15) is 39.2 Å². The second-order valence-corrected chi connectivity index (χ2v) is 5.16. The summed E-state index contributed by atoms with van der Waals surface area (Å²) in [5.74, 6) is 4.75. The molecule has 0 radical (unpaired) electrons. The van der Waals surface area contributed by atoms with Gasteiger partial charge in [-0.2, -0.15) is 0 Å². The van der Waals surface area contributed by atoms with Crippen LogP contribution in [0.4, 0.5) is 10.1 Å². The summed E-state index contributed by atoms with van der Waals surface area (Å²) in [5.41, 5.74) is 0.258. The Morgan fingerprint density at radius 3 is 2.75 bits per heavy atom. The summed E-state index contributed by atoms with van der Waals surface area (Å²) in [6.07, 6.45) is 1.00. The predicted octanol–water partition coefficient (Wildman–Crippen LogP) is 2.93. The SMILES string of the molecule is CCC(C)(C)C(=O)Nc1ccc(F)c(C#CCCO)c1. The summed E-state index contributed by atoms with van der Waals surface area (Å²) in [5, 5.41) is 11.4. The first-order valence-corrected chi connectivity index (χ1v) is 6.61. The minimum Gasteiger partial charge on any atom is -0.395 e. The van der Waals surface area contributed by atoms with Gasteiger partial charge in [-0.1, -0.05) is 32.6 Å². The molecule has 0 aliphatic rings. The fourth-order valence-corrected chi connectivity index (χ4v) is 1.37. The zero-order chi connectivity index (χ0) is 15.2. The predicted molar refractivity (Wildman–Crippen MR) is 77.7 cm³/mol. The van der Waals surface area contributed by atoms with Gasteiger partial charge in [-0.3, -0.25) is 4.79 Å². The molecule has 3 nitrogen and oxygen atoms in total. The maximum Gasteiger partial charge on any atom is 0.230 e. The monoisotopic (exact) mass is 277 g/mol. The molecule has 0 aromatic heterocycles. The Morgan fingerprint density at radius 1 is 1.45 bits per heavy atom. The third-order valence-electron chi connectivity index (χ3n) is 3.18. The molecule has 0 atom stereocenters. The Hall–Kier alpha value is -1.86. The van der Waals surface area contributed by atoms with Crippen molar-refractivity contribution in [1.29, 1.82) is 0 Å². The Bertz CT molecular complexity index is 541. The van der Waals surface area contributed by atoms with E-state index in [9.17, 15) is 9.18 Å². The largest absolute Gasteiger partial charge is 0.395 e. The van der Waals surface area contributed by atoms with E-state index in [1.165, 1.54) is 18.2 Å². The number of amides is 1. The van der Waals surface area contributed by atoms with Crippen molar-refractivity contribution in [3.8, 4) is 11.8 Å². The molecule has 1 amide bonds. The van der Waals surface area contributed by atoms with Crippen LogP contribution in [0.2, 0.25) is 0 Å². The smallest absolute Gasteiger partial charge is 0.230 e. The highest BCUT2D eigenvalue weighted by Crippen LogP contribution is 2.23. The van der Waals surface area contributed by atoms with Crippen molar-refractivity contribution < 1.29 is 14.3 Å². The van der Waals surface area contributed by atoms with E-state index in [4.69, 9.17) is 5.11 Å². The highest BCUT2D eigenvalue weighted by atomic mass is 19.1. The Morgan fingerprint density at radius 2 is 2.15 bits per heavy atom. The topological polar surface area (TPSA) is 49.3 Å². The number of rotatable bonds is 4. The quantitative estimate of drug-likeness (QED) is 0.831. The fourth-order valence-electron chi connectivity index (χ4n) is 1.37. The van der Waals surface area contributed by atoms with Crippen LogP contribution in [0.25, 0.3) is 0 Å². The molecule has 0 spiro atoms. The summed E-state index contributed by atoms with van der Waals surface area (Å²) >= 11 is 0. The molecule has 1 aromatic rings. The van der Waals surface area contributed by atoms with E-state index in [0.29, 0.717) is 18.5 Å². The van der Waals surface area contributed by atoms with Gasteiger partial charge in [0.05, 0.1) is 12.2 Å². The van der Waals surface area contributed by atoms with E-state index in [1.807, 2.05) is 20.8 Å². The van der Waals surface area contributed by atoms with Crippen LogP contribution in [0.3, 0.4) is 0 Å². The highest BCUT2D eigenvalue weighted by molar-refractivity contribution is 5.94. The Kier molecular flexibility index (Phi) is 5.72. The van der Waals surface area contributed by atoms with Crippen molar-refractivity contribution in [2.75, 3.05) is 11.9 Å². The van der Waals surface area contributed by atoms with Crippen LogP contribution >= 0.6 is 0 Å². The lowest BCUT2D eigenvalue weighted by Crippen LogP contribution is -2.30. The lowest BCUT2D eigenvalue weighted by molar-refractivity contribution is -0.124. The molecule has 2 N–H and O–H groups in total. The molecule has 4 heteroatoms. The van der Waals surface area contributed by atoms with Crippen LogP contribution in [-0.2, 0) is 4.79 Å². The minimum atomic E-state index is -0.475. The van der Waals surface area contributed by atoms with Gasteiger partial charge in [-0.15, -0.1) is 0 Å². The number of nitrogens with one attached hydrogen (secondary N) is 1. The number of anilines is 1. The van der Waals surface area contributed by atoms with E-state index < -0.39 is 11.2 Å². The number of aliphatic hydroxyl groups excluding tert-OH is 1. The minimum absolute atomic E-state index is 0.0598. The molecular formula is C16H20FNO2. The van der Waals surface area contributed by atoms with Gasteiger partial charge in [0.25, 0.3) is 0 Å². The van der Waals surface area contributed by atoms with Crippen LogP contribution in [0, 0.1) is 23.1 Å². The van der Waals surface area contributed by atoms with Crippen molar-refractivity contribution in [1.82, 2.24) is 0 Å². The second-order valence-electron chi connectivity index (χ2n) is 5.16. The maximum absolute atomic E-state index is 13.6. The molecule has 0 saturated carbocycles. The summed E-state index contributed by atoms with van der Waals surface area (Å²) in [4.78, 5) is 12.0. The van der Waals surface area contributed by atoms with Crippen molar-refractivity contribution >= 4 is 11.6 Å². The number of hydrogen-bond acceptors (Lipinski definition) is 2. The van der Waals surface area contributed by atoms with E-state index in [-0.39, 0.29) is 18.1 Å². The van der Waals surface area contributed by atoms with Gasteiger partial charge in [-0.25, -0.2) is 4.39 Å². The first-order valence-electron chi connectivity index (χ1n) is 6.61. The Balaban J connectivity index is 2.91. The van der Waals surface area contributed by atoms with Crippen molar-refractivity contribution in [3.05, 3.63) is 29.6 Å². The second kappa shape index (κ2) is 7.06. The van der Waals surface area contributed by atoms with Gasteiger partial charge in [0.1, 0.15) is 5.82 Å². The molecule has 0 aliphatic carbocycles. The van der Waals surface area contributed by atoms with Crippen LogP contribution in [-0.4, -0.2) is 17.6 Å². The van der Waals surface area contributed by atoms with Gasteiger partial charge in [0.2, 0.25) is 5.91 Å². The van der Waals surface area contributed by atoms with Gasteiger partial charge >= 0.3 is 0 Å². The first-order chi connectivity index (χ1) is 9.40. The average Bonchev–Trinajstić information content (AvgIpc) is 2.42. The fraction of sp³-hybridized carbons (Fsp3) is 0.438. The van der Waals surface area contributed by atoms with E-state index in [2.05, 4.69) is 17.2 Å². The number of carbonyl (C=O) groups is 1. The molecule has 0 saturated heterocycles. The summed E-state index contributed by atoms with van der Waals surface area (Å²) in [6, 6.07) is 4.29. The van der Waals surface area contributed by atoms with Crippen molar-refractivity contribution in [3.63, 3.8) is 0 Å². The van der Waals surface area contributed by atoms with Crippen molar-refractivity contribution in [2.24, 2.45) is 5.41 Å². The maximum atomic E-state index is 13.6. The molecule has 0 fully saturated rings. The van der Waals surface area contributed by atoms with Gasteiger partial charge in [0, 0.05) is 17.5 Å². The summed E-state index contributed by atoms with van der Waals surface area (Å²) in [7, 11) is 0. The average molecular weight is 277 g/mol. The molecule has 20 heavy (non-hydrogen) atoms. The summed E-state index contributed by atoms with van der Waals surface area (Å²) < 4.78 is 13.6. The molecule has 0 aliphatic heterocycles. The zero-order valence-electron chi connectivity index (χ0n) is 12.1. The highest BCUT2D eigenvalue weighted by Gasteiger charge is 2.25. The molecule has 0 heterocycles. The first kappa shape index (κ1) is 16.2. The normalized spacial score (nSPS) is 10.7.